The second kappa shape index (κ2) is 7.39. The van der Waals surface area contributed by atoms with Crippen molar-refractivity contribution in [2.75, 3.05) is 7.05 Å². The number of hydrogen-bond acceptors (Lipinski definition) is 3. The first-order valence-electron chi connectivity index (χ1n) is 9.42. The van der Waals surface area contributed by atoms with Gasteiger partial charge in [0.25, 0.3) is 5.91 Å². The van der Waals surface area contributed by atoms with Crippen LogP contribution in [-0.4, -0.2) is 32.6 Å². The highest BCUT2D eigenvalue weighted by Crippen LogP contribution is 2.19. The van der Waals surface area contributed by atoms with Crippen molar-refractivity contribution in [2.45, 2.75) is 20.4 Å². The van der Waals surface area contributed by atoms with Crippen molar-refractivity contribution in [1.29, 1.82) is 0 Å². The van der Waals surface area contributed by atoms with Crippen molar-refractivity contribution in [1.82, 2.24) is 19.7 Å². The quantitative estimate of drug-likeness (QED) is 0.582. The molecule has 2 aromatic carbocycles. The molecule has 6 heteroatoms. The third-order valence-electron chi connectivity index (χ3n) is 4.91. The number of aromatic nitrogens is 3. The Labute approximate surface area is 168 Å². The number of rotatable bonds is 4. The Hall–Kier alpha value is -3.67. The van der Waals surface area contributed by atoms with Gasteiger partial charge in [0.05, 0.1) is 16.9 Å². The molecule has 0 aliphatic rings. The van der Waals surface area contributed by atoms with Crippen LogP contribution in [0.15, 0.2) is 65.5 Å². The molecule has 4 aromatic rings. The zero-order valence-electron chi connectivity index (χ0n) is 16.6. The van der Waals surface area contributed by atoms with Gasteiger partial charge in [0.2, 0.25) is 5.56 Å². The summed E-state index contributed by atoms with van der Waals surface area (Å²) in [5.74, 6) is -0.191. The first kappa shape index (κ1) is 18.7. The number of para-hydroxylation sites is 1. The number of fused-ring (bicyclic) bond motifs is 1. The van der Waals surface area contributed by atoms with Crippen molar-refractivity contribution in [2.24, 2.45) is 0 Å². The molecule has 0 aliphatic carbocycles. The van der Waals surface area contributed by atoms with E-state index in [-0.39, 0.29) is 11.5 Å². The van der Waals surface area contributed by atoms with Gasteiger partial charge in [-0.15, -0.1) is 0 Å². The Bertz CT molecular complexity index is 1270. The number of hydrogen-bond donors (Lipinski definition) is 1. The summed E-state index contributed by atoms with van der Waals surface area (Å²) in [5, 5.41) is 5.26. The van der Waals surface area contributed by atoms with E-state index in [0.29, 0.717) is 17.6 Å². The first-order chi connectivity index (χ1) is 13.9. The molecule has 2 aromatic heterocycles. The van der Waals surface area contributed by atoms with Crippen LogP contribution in [-0.2, 0) is 6.54 Å². The zero-order chi connectivity index (χ0) is 20.5. The van der Waals surface area contributed by atoms with Gasteiger partial charge < -0.3 is 9.88 Å². The molecule has 146 valence electrons. The van der Waals surface area contributed by atoms with Gasteiger partial charge in [0.15, 0.2) is 0 Å². The summed E-state index contributed by atoms with van der Waals surface area (Å²) >= 11 is 0. The third kappa shape index (κ3) is 3.69. The normalized spacial score (nSPS) is 11.0. The highest BCUT2D eigenvalue weighted by atomic mass is 16.2. The summed E-state index contributed by atoms with van der Waals surface area (Å²) in [6.07, 6.45) is 0. The summed E-state index contributed by atoms with van der Waals surface area (Å²) in [4.78, 5) is 29.5. The molecule has 0 bridgehead atoms. The molecule has 0 saturated heterocycles. The highest BCUT2D eigenvalue weighted by Gasteiger charge is 2.16. The molecule has 2 heterocycles. The van der Waals surface area contributed by atoms with Crippen molar-refractivity contribution in [3.8, 4) is 5.69 Å². The molecule has 4 rings (SSSR count). The lowest BCUT2D eigenvalue weighted by atomic mass is 10.1. The van der Waals surface area contributed by atoms with Gasteiger partial charge in [-0.25, -0.2) is 4.68 Å². The number of carbonyl (C=O) groups is 1. The van der Waals surface area contributed by atoms with Crippen LogP contribution in [0.25, 0.3) is 16.6 Å². The minimum absolute atomic E-state index is 0.191. The van der Waals surface area contributed by atoms with Gasteiger partial charge in [0.1, 0.15) is 0 Å². The lowest BCUT2D eigenvalue weighted by Crippen LogP contribution is -2.27. The average Bonchev–Trinajstić information content (AvgIpc) is 3.05. The second-order valence-corrected chi connectivity index (χ2v) is 7.26. The van der Waals surface area contributed by atoms with Gasteiger partial charge in [-0.05, 0) is 43.7 Å². The van der Waals surface area contributed by atoms with Gasteiger partial charge >= 0.3 is 0 Å². The SMILES string of the molecule is Cc1cc(C)n(-c2cccc(CN(C)C(=O)c3cc(=O)[nH]c4ccccc34)c2)n1. The number of carbonyl (C=O) groups excluding carboxylic acids is 1. The maximum atomic E-state index is 13.1. The van der Waals surface area contributed by atoms with Gasteiger partial charge in [-0.2, -0.15) is 5.10 Å². The summed E-state index contributed by atoms with van der Waals surface area (Å²) in [6, 6.07) is 18.7. The zero-order valence-corrected chi connectivity index (χ0v) is 16.6. The molecule has 1 N–H and O–H groups in total. The maximum Gasteiger partial charge on any atom is 0.254 e. The summed E-state index contributed by atoms with van der Waals surface area (Å²) in [7, 11) is 1.74. The minimum Gasteiger partial charge on any atom is -0.337 e. The van der Waals surface area contributed by atoms with E-state index < -0.39 is 0 Å². The average molecular weight is 386 g/mol. The van der Waals surface area contributed by atoms with E-state index in [1.165, 1.54) is 6.07 Å². The van der Waals surface area contributed by atoms with Gasteiger partial charge in [-0.1, -0.05) is 30.3 Å². The Kier molecular flexibility index (Phi) is 4.76. The molecule has 1 amide bonds. The molecule has 6 nitrogen and oxygen atoms in total. The van der Waals surface area contributed by atoms with Crippen molar-refractivity contribution >= 4 is 16.8 Å². The van der Waals surface area contributed by atoms with E-state index in [4.69, 9.17) is 0 Å². The van der Waals surface area contributed by atoms with E-state index in [2.05, 4.69) is 10.1 Å². The van der Waals surface area contributed by atoms with E-state index >= 15 is 0 Å². The number of nitrogens with one attached hydrogen (secondary N) is 1. The lowest BCUT2D eigenvalue weighted by molar-refractivity contribution is 0.0787. The summed E-state index contributed by atoms with van der Waals surface area (Å²) < 4.78 is 1.89. The van der Waals surface area contributed by atoms with Gasteiger partial charge in [0, 0.05) is 36.3 Å². The number of aryl methyl sites for hydroxylation is 2. The molecular formula is C23H22N4O2. The fourth-order valence-electron chi connectivity index (χ4n) is 3.61. The largest absolute Gasteiger partial charge is 0.337 e. The smallest absolute Gasteiger partial charge is 0.254 e. The van der Waals surface area contributed by atoms with Gasteiger partial charge in [-0.3, -0.25) is 9.59 Å². The molecule has 0 spiro atoms. The van der Waals surface area contributed by atoms with E-state index in [0.717, 1.165) is 28.0 Å². The van der Waals surface area contributed by atoms with Crippen molar-refractivity contribution in [3.63, 3.8) is 0 Å². The number of H-pyrrole nitrogens is 1. The van der Waals surface area contributed by atoms with Crippen molar-refractivity contribution in [3.05, 3.63) is 93.5 Å². The fourth-order valence-corrected chi connectivity index (χ4v) is 3.61. The number of pyridine rings is 1. The number of aromatic amines is 1. The predicted octanol–water partition coefficient (Wildman–Crippen LogP) is 3.60. The Morgan fingerprint density at radius 2 is 1.86 bits per heavy atom. The van der Waals surface area contributed by atoms with E-state index in [1.807, 2.05) is 67.1 Å². The highest BCUT2D eigenvalue weighted by molar-refractivity contribution is 6.05. The van der Waals surface area contributed by atoms with Crippen LogP contribution in [0.4, 0.5) is 0 Å². The number of nitrogens with zero attached hydrogens (tertiary/aromatic N) is 3. The molecule has 0 saturated carbocycles. The number of amides is 1. The topological polar surface area (TPSA) is 71.0 Å². The summed E-state index contributed by atoms with van der Waals surface area (Å²) in [5.41, 5.74) is 4.73. The van der Waals surface area contributed by atoms with Crippen LogP contribution in [0, 0.1) is 13.8 Å². The molecule has 29 heavy (non-hydrogen) atoms. The standard InChI is InChI=1S/C23H22N4O2/c1-15-11-16(2)27(25-15)18-8-6-7-17(12-18)14-26(3)23(29)20-13-22(28)24-21-10-5-4-9-19(20)21/h4-13H,14H2,1-3H3,(H,24,28). The predicted molar refractivity (Wildman–Crippen MR) is 113 cm³/mol. The molecule has 0 fully saturated rings. The number of benzene rings is 2. The summed E-state index contributed by atoms with van der Waals surface area (Å²) in [6.45, 7) is 4.40. The molecule has 0 unspecified atom stereocenters. The van der Waals surface area contributed by atoms with E-state index in [9.17, 15) is 9.59 Å². The maximum absolute atomic E-state index is 13.1. The van der Waals surface area contributed by atoms with Crippen LogP contribution >= 0.6 is 0 Å². The first-order valence-corrected chi connectivity index (χ1v) is 9.42. The van der Waals surface area contributed by atoms with Crippen LogP contribution in [0.5, 0.6) is 0 Å². The lowest BCUT2D eigenvalue weighted by Gasteiger charge is -2.19. The Balaban J connectivity index is 1.63. The Morgan fingerprint density at radius 3 is 2.62 bits per heavy atom. The fraction of sp³-hybridized carbons (Fsp3) is 0.174. The third-order valence-corrected chi connectivity index (χ3v) is 4.91. The molecule has 0 atom stereocenters. The second-order valence-electron chi connectivity index (χ2n) is 7.26. The van der Waals surface area contributed by atoms with Crippen LogP contribution < -0.4 is 5.56 Å². The molecule has 0 aliphatic heterocycles. The monoisotopic (exact) mass is 386 g/mol. The van der Waals surface area contributed by atoms with Crippen LogP contribution in [0.2, 0.25) is 0 Å². The van der Waals surface area contributed by atoms with Crippen molar-refractivity contribution < 1.29 is 4.79 Å². The van der Waals surface area contributed by atoms with E-state index in [1.54, 1.807) is 18.0 Å². The molecule has 0 radical (unpaired) electrons. The molecular weight excluding hydrogens is 364 g/mol. The van der Waals surface area contributed by atoms with Crippen LogP contribution in [0.1, 0.15) is 27.3 Å². The van der Waals surface area contributed by atoms with Crippen LogP contribution in [0.3, 0.4) is 0 Å². The minimum atomic E-state index is -0.285. The Morgan fingerprint density at radius 1 is 1.07 bits per heavy atom.